The maximum Gasteiger partial charge on any atom is 0.126 e. The zero-order chi connectivity index (χ0) is 8.77. The summed E-state index contributed by atoms with van der Waals surface area (Å²) in [6.45, 7) is 4.79. The minimum atomic E-state index is -0.0549. The lowest BCUT2D eigenvalue weighted by molar-refractivity contribution is 0.290. The van der Waals surface area contributed by atoms with Gasteiger partial charge in [0.15, 0.2) is 0 Å². The Morgan fingerprint density at radius 3 is 2.83 bits per heavy atom. The molecule has 12 heavy (non-hydrogen) atoms. The minimum absolute atomic E-state index is 0.0549. The Kier molecular flexibility index (Phi) is 1.34. The van der Waals surface area contributed by atoms with E-state index in [1.807, 2.05) is 6.07 Å². The predicted molar refractivity (Wildman–Crippen MR) is 46.6 cm³/mol. The normalized spacial score (nSPS) is 18.5. The van der Waals surface area contributed by atoms with Gasteiger partial charge in [-0.2, -0.15) is 0 Å². The first-order chi connectivity index (χ1) is 5.61. The summed E-state index contributed by atoms with van der Waals surface area (Å²) in [5.74, 6) is 1.16. The topological polar surface area (TPSA) is 29.5 Å². The van der Waals surface area contributed by atoms with Gasteiger partial charge in [-0.05, 0) is 12.1 Å². The van der Waals surface area contributed by atoms with Crippen molar-refractivity contribution in [2.75, 3.05) is 6.61 Å². The molecule has 0 saturated carbocycles. The fraction of sp³-hybridized carbons (Fsp3) is 0.400. The van der Waals surface area contributed by atoms with E-state index in [9.17, 15) is 5.11 Å². The van der Waals surface area contributed by atoms with E-state index in [1.54, 1.807) is 12.1 Å². The Bertz CT molecular complexity index is 316. The van der Waals surface area contributed by atoms with Crippen LogP contribution in [-0.4, -0.2) is 11.7 Å². The molecule has 2 nitrogen and oxygen atoms in total. The van der Waals surface area contributed by atoms with Crippen molar-refractivity contribution >= 4 is 0 Å². The molecule has 2 heteroatoms. The highest BCUT2D eigenvalue weighted by Crippen LogP contribution is 2.43. The molecule has 0 aliphatic carbocycles. The Morgan fingerprint density at radius 1 is 1.42 bits per heavy atom. The average molecular weight is 164 g/mol. The Labute approximate surface area is 71.8 Å². The molecule has 0 fully saturated rings. The average Bonchev–Trinajstić information content (AvgIpc) is 2.29. The molecule has 64 valence electrons. The van der Waals surface area contributed by atoms with Gasteiger partial charge in [-0.3, -0.25) is 0 Å². The predicted octanol–water partition coefficient (Wildman–Crippen LogP) is 2.06. The van der Waals surface area contributed by atoms with Crippen LogP contribution >= 0.6 is 0 Å². The van der Waals surface area contributed by atoms with E-state index in [-0.39, 0.29) is 5.41 Å². The Balaban J connectivity index is 2.64. The molecule has 1 aromatic rings. The number of rotatable bonds is 0. The summed E-state index contributed by atoms with van der Waals surface area (Å²) in [4.78, 5) is 0. The molecule has 0 bridgehead atoms. The van der Waals surface area contributed by atoms with Gasteiger partial charge in [-0.1, -0.05) is 19.9 Å². The number of ether oxygens (including phenoxy) is 1. The van der Waals surface area contributed by atoms with Crippen LogP contribution in [0.1, 0.15) is 19.4 Å². The molecule has 0 amide bonds. The van der Waals surface area contributed by atoms with Crippen LogP contribution < -0.4 is 4.74 Å². The third kappa shape index (κ3) is 0.876. The molecule has 1 N–H and O–H groups in total. The fourth-order valence-electron chi connectivity index (χ4n) is 1.65. The lowest BCUT2D eigenvalue weighted by Gasteiger charge is -2.15. The molecule has 0 atom stereocenters. The van der Waals surface area contributed by atoms with Crippen molar-refractivity contribution in [2.45, 2.75) is 19.3 Å². The summed E-state index contributed by atoms with van der Waals surface area (Å²) >= 11 is 0. The maximum atomic E-state index is 9.59. The highest BCUT2D eigenvalue weighted by Gasteiger charge is 2.34. The molecular formula is C10H12O2. The maximum absolute atomic E-state index is 9.59. The first kappa shape index (κ1) is 7.47. The quantitative estimate of drug-likeness (QED) is 0.636. The summed E-state index contributed by atoms with van der Waals surface area (Å²) < 4.78 is 5.43. The smallest absolute Gasteiger partial charge is 0.126 e. The van der Waals surface area contributed by atoms with Gasteiger partial charge >= 0.3 is 0 Å². The summed E-state index contributed by atoms with van der Waals surface area (Å²) in [6, 6.07) is 5.40. The zero-order valence-corrected chi connectivity index (χ0v) is 7.29. The van der Waals surface area contributed by atoms with E-state index in [2.05, 4.69) is 13.8 Å². The highest BCUT2D eigenvalue weighted by molar-refractivity contribution is 5.51. The number of phenols is 1. The van der Waals surface area contributed by atoms with Crippen LogP contribution in [-0.2, 0) is 5.41 Å². The number of aromatic hydroxyl groups is 1. The van der Waals surface area contributed by atoms with Crippen LogP contribution in [0.4, 0.5) is 0 Å². The number of hydrogen-bond donors (Lipinski definition) is 1. The van der Waals surface area contributed by atoms with E-state index in [0.29, 0.717) is 12.4 Å². The van der Waals surface area contributed by atoms with Crippen molar-refractivity contribution in [3.8, 4) is 11.5 Å². The molecule has 1 aliphatic rings. The van der Waals surface area contributed by atoms with Crippen LogP contribution in [0.2, 0.25) is 0 Å². The lowest BCUT2D eigenvalue weighted by atomic mass is 9.86. The highest BCUT2D eigenvalue weighted by atomic mass is 16.5. The van der Waals surface area contributed by atoms with Crippen molar-refractivity contribution in [1.29, 1.82) is 0 Å². The van der Waals surface area contributed by atoms with E-state index in [4.69, 9.17) is 4.74 Å². The zero-order valence-electron chi connectivity index (χ0n) is 7.29. The minimum Gasteiger partial charge on any atom is -0.508 e. The van der Waals surface area contributed by atoms with E-state index in [0.717, 1.165) is 11.3 Å². The van der Waals surface area contributed by atoms with Gasteiger partial charge in [-0.25, -0.2) is 0 Å². The molecule has 0 saturated heterocycles. The standard InChI is InChI=1S/C10H12O2/c1-10(2)6-12-8-5-3-4-7(11)9(8)10/h3-5,11H,6H2,1-2H3. The first-order valence-corrected chi connectivity index (χ1v) is 4.06. The number of phenolic OH excluding ortho intramolecular Hbond substituents is 1. The second kappa shape index (κ2) is 2.16. The molecule has 0 radical (unpaired) electrons. The third-order valence-electron chi connectivity index (χ3n) is 2.27. The molecule has 0 aromatic heterocycles. The van der Waals surface area contributed by atoms with E-state index >= 15 is 0 Å². The van der Waals surface area contributed by atoms with E-state index < -0.39 is 0 Å². The Morgan fingerprint density at radius 2 is 2.17 bits per heavy atom. The van der Waals surface area contributed by atoms with Crippen molar-refractivity contribution in [3.05, 3.63) is 23.8 Å². The fourth-order valence-corrected chi connectivity index (χ4v) is 1.65. The monoisotopic (exact) mass is 164 g/mol. The molecule has 0 unspecified atom stereocenters. The van der Waals surface area contributed by atoms with Crippen LogP contribution in [0, 0.1) is 0 Å². The SMILES string of the molecule is CC1(C)COc2cccc(O)c21. The van der Waals surface area contributed by atoms with Crippen LogP contribution in [0.15, 0.2) is 18.2 Å². The molecular weight excluding hydrogens is 152 g/mol. The second-order valence-electron chi connectivity index (χ2n) is 3.82. The molecule has 1 heterocycles. The van der Waals surface area contributed by atoms with Crippen LogP contribution in [0.25, 0.3) is 0 Å². The van der Waals surface area contributed by atoms with Gasteiger partial charge in [0, 0.05) is 11.0 Å². The summed E-state index contributed by atoms with van der Waals surface area (Å²) in [5.41, 5.74) is 0.880. The number of benzene rings is 1. The largest absolute Gasteiger partial charge is 0.508 e. The Hall–Kier alpha value is -1.18. The van der Waals surface area contributed by atoms with Gasteiger partial charge in [0.2, 0.25) is 0 Å². The van der Waals surface area contributed by atoms with Crippen molar-refractivity contribution in [1.82, 2.24) is 0 Å². The number of hydrogen-bond acceptors (Lipinski definition) is 2. The number of fused-ring (bicyclic) bond motifs is 1. The van der Waals surface area contributed by atoms with Gasteiger partial charge in [0.25, 0.3) is 0 Å². The molecule has 1 aromatic carbocycles. The summed E-state index contributed by atoms with van der Waals surface area (Å²) in [7, 11) is 0. The molecule has 2 rings (SSSR count). The van der Waals surface area contributed by atoms with Gasteiger partial charge in [0.1, 0.15) is 11.5 Å². The molecule has 0 spiro atoms. The van der Waals surface area contributed by atoms with Crippen LogP contribution in [0.3, 0.4) is 0 Å². The van der Waals surface area contributed by atoms with Crippen LogP contribution in [0.5, 0.6) is 11.5 Å². The summed E-state index contributed by atoms with van der Waals surface area (Å²) in [5, 5.41) is 9.59. The first-order valence-electron chi connectivity index (χ1n) is 4.06. The van der Waals surface area contributed by atoms with Crippen molar-refractivity contribution < 1.29 is 9.84 Å². The van der Waals surface area contributed by atoms with Crippen molar-refractivity contribution in [3.63, 3.8) is 0 Å². The molecule has 1 aliphatic heterocycles. The summed E-state index contributed by atoms with van der Waals surface area (Å²) in [6.07, 6.45) is 0. The van der Waals surface area contributed by atoms with Gasteiger partial charge in [0.05, 0.1) is 6.61 Å². The van der Waals surface area contributed by atoms with E-state index in [1.165, 1.54) is 0 Å². The van der Waals surface area contributed by atoms with Gasteiger partial charge < -0.3 is 9.84 Å². The lowest BCUT2D eigenvalue weighted by Crippen LogP contribution is -2.18. The third-order valence-corrected chi connectivity index (χ3v) is 2.27. The van der Waals surface area contributed by atoms with Gasteiger partial charge in [-0.15, -0.1) is 0 Å². The van der Waals surface area contributed by atoms with Crippen molar-refractivity contribution in [2.24, 2.45) is 0 Å². The second-order valence-corrected chi connectivity index (χ2v) is 3.82.